The van der Waals surface area contributed by atoms with Gasteiger partial charge in [0.15, 0.2) is 0 Å². The van der Waals surface area contributed by atoms with Crippen LogP contribution in [0, 0.1) is 0 Å². The van der Waals surface area contributed by atoms with Gasteiger partial charge in [0.25, 0.3) is 5.91 Å². The van der Waals surface area contributed by atoms with E-state index >= 15 is 0 Å². The van der Waals surface area contributed by atoms with E-state index in [1.165, 1.54) is 18.2 Å². The van der Waals surface area contributed by atoms with E-state index in [1.54, 1.807) is 0 Å². The molecule has 0 saturated carbocycles. The highest BCUT2D eigenvalue weighted by Gasteiger charge is 2.09. The Balaban J connectivity index is 2.62. The van der Waals surface area contributed by atoms with E-state index in [9.17, 15) is 9.90 Å². The summed E-state index contributed by atoms with van der Waals surface area (Å²) in [4.78, 5) is 11.7. The molecule has 4 N–H and O–H groups in total. The number of nitrogens with two attached hydrogens (primary N) is 1. The summed E-state index contributed by atoms with van der Waals surface area (Å²) in [6.07, 6.45) is 4.67. The number of hydrogen-bond acceptors (Lipinski definition) is 3. The van der Waals surface area contributed by atoms with E-state index in [1.807, 2.05) is 19.1 Å². The van der Waals surface area contributed by atoms with Gasteiger partial charge in [-0.1, -0.05) is 12.2 Å². The Labute approximate surface area is 94.8 Å². The molecule has 0 aliphatic rings. The second-order valence-electron chi connectivity index (χ2n) is 3.39. The predicted octanol–water partition coefficient (Wildman–Crippen LogP) is 1.67. The Morgan fingerprint density at radius 3 is 3.00 bits per heavy atom. The zero-order valence-electron chi connectivity index (χ0n) is 9.23. The maximum Gasteiger partial charge on any atom is 0.253 e. The fraction of sp³-hybridized carbons (Fsp3) is 0.250. The van der Waals surface area contributed by atoms with Gasteiger partial charge in [0.2, 0.25) is 0 Å². The summed E-state index contributed by atoms with van der Waals surface area (Å²) in [5, 5.41) is 12.0. The molecule has 1 aromatic carbocycles. The molecule has 0 aliphatic carbocycles. The van der Waals surface area contributed by atoms with Crippen LogP contribution in [0.15, 0.2) is 30.4 Å². The van der Waals surface area contributed by atoms with Gasteiger partial charge in [-0.3, -0.25) is 4.79 Å². The number of carbonyl (C=O) groups is 1. The first kappa shape index (κ1) is 12.1. The van der Waals surface area contributed by atoms with Crippen LogP contribution in [0.2, 0.25) is 0 Å². The quantitative estimate of drug-likeness (QED) is 0.313. The maximum absolute atomic E-state index is 11.7. The zero-order chi connectivity index (χ0) is 12.0. The van der Waals surface area contributed by atoms with Gasteiger partial charge >= 0.3 is 0 Å². The van der Waals surface area contributed by atoms with Crippen LogP contribution in [0.5, 0.6) is 5.75 Å². The SMILES string of the molecule is C/C=C/CCNC(=O)c1cc(O)ccc1N. The molecule has 86 valence electrons. The van der Waals surface area contributed by atoms with Crippen molar-refractivity contribution in [2.75, 3.05) is 12.3 Å². The van der Waals surface area contributed by atoms with Gasteiger partial charge in [-0.25, -0.2) is 0 Å². The van der Waals surface area contributed by atoms with Crippen LogP contribution in [0.25, 0.3) is 0 Å². The van der Waals surface area contributed by atoms with Crippen molar-refractivity contribution < 1.29 is 9.90 Å². The van der Waals surface area contributed by atoms with Crippen LogP contribution < -0.4 is 11.1 Å². The molecule has 0 aliphatic heterocycles. The minimum atomic E-state index is -0.266. The van der Waals surface area contributed by atoms with Crippen molar-refractivity contribution in [3.05, 3.63) is 35.9 Å². The van der Waals surface area contributed by atoms with Gasteiger partial charge in [0, 0.05) is 12.2 Å². The van der Waals surface area contributed by atoms with Crippen LogP contribution in [0.1, 0.15) is 23.7 Å². The number of hydrogen-bond donors (Lipinski definition) is 3. The van der Waals surface area contributed by atoms with E-state index in [0.29, 0.717) is 17.8 Å². The number of aromatic hydroxyl groups is 1. The van der Waals surface area contributed by atoms with Crippen LogP contribution in [-0.2, 0) is 0 Å². The number of phenolic OH excluding ortho intramolecular Hbond substituents is 1. The third kappa shape index (κ3) is 3.31. The van der Waals surface area contributed by atoms with Crippen LogP contribution >= 0.6 is 0 Å². The summed E-state index contributed by atoms with van der Waals surface area (Å²) in [5.41, 5.74) is 6.30. The number of phenols is 1. The highest BCUT2D eigenvalue weighted by atomic mass is 16.3. The van der Waals surface area contributed by atoms with Crippen molar-refractivity contribution in [3.63, 3.8) is 0 Å². The number of amides is 1. The van der Waals surface area contributed by atoms with Gasteiger partial charge < -0.3 is 16.2 Å². The molecule has 0 fully saturated rings. The molecule has 4 heteroatoms. The lowest BCUT2D eigenvalue weighted by atomic mass is 10.1. The van der Waals surface area contributed by atoms with E-state index in [4.69, 9.17) is 5.73 Å². The molecular formula is C12H16N2O2. The second kappa shape index (κ2) is 5.80. The van der Waals surface area contributed by atoms with Crippen molar-refractivity contribution >= 4 is 11.6 Å². The van der Waals surface area contributed by atoms with Gasteiger partial charge in [0.1, 0.15) is 5.75 Å². The molecule has 0 aromatic heterocycles. The second-order valence-corrected chi connectivity index (χ2v) is 3.39. The first-order valence-electron chi connectivity index (χ1n) is 5.13. The number of rotatable bonds is 4. The fourth-order valence-corrected chi connectivity index (χ4v) is 1.27. The molecule has 4 nitrogen and oxygen atoms in total. The minimum absolute atomic E-state index is 0.0350. The Kier molecular flexibility index (Phi) is 4.39. The van der Waals surface area contributed by atoms with Crippen LogP contribution in [0.3, 0.4) is 0 Å². The molecular weight excluding hydrogens is 204 g/mol. The Morgan fingerprint density at radius 1 is 1.56 bits per heavy atom. The molecule has 1 amide bonds. The van der Waals surface area contributed by atoms with E-state index in [-0.39, 0.29) is 11.7 Å². The van der Waals surface area contributed by atoms with Crippen molar-refractivity contribution in [1.29, 1.82) is 0 Å². The topological polar surface area (TPSA) is 75.3 Å². The van der Waals surface area contributed by atoms with Crippen molar-refractivity contribution in [3.8, 4) is 5.75 Å². The number of nitrogen functional groups attached to an aromatic ring is 1. The number of anilines is 1. The molecule has 0 saturated heterocycles. The highest BCUT2D eigenvalue weighted by Crippen LogP contribution is 2.18. The number of allylic oxidation sites excluding steroid dienone is 1. The smallest absolute Gasteiger partial charge is 0.253 e. The Bertz CT molecular complexity index is 400. The van der Waals surface area contributed by atoms with E-state index in [2.05, 4.69) is 5.32 Å². The summed E-state index contributed by atoms with van der Waals surface area (Å²) in [6, 6.07) is 4.32. The lowest BCUT2D eigenvalue weighted by molar-refractivity contribution is 0.0955. The molecule has 1 rings (SSSR count). The predicted molar refractivity (Wildman–Crippen MR) is 64.3 cm³/mol. The monoisotopic (exact) mass is 220 g/mol. The summed E-state index contributed by atoms with van der Waals surface area (Å²) in [7, 11) is 0. The normalized spacial score (nSPS) is 10.6. The fourth-order valence-electron chi connectivity index (χ4n) is 1.27. The highest BCUT2D eigenvalue weighted by molar-refractivity contribution is 5.99. The van der Waals surface area contributed by atoms with Gasteiger partial charge in [-0.15, -0.1) is 0 Å². The molecule has 0 heterocycles. The molecule has 0 radical (unpaired) electrons. The standard InChI is InChI=1S/C12H16N2O2/c1-2-3-4-7-14-12(16)10-8-9(15)5-6-11(10)13/h2-3,5-6,8,15H,4,7,13H2,1H3,(H,14,16)/b3-2+. The molecule has 0 spiro atoms. The lowest BCUT2D eigenvalue weighted by Crippen LogP contribution is -2.24. The number of benzene rings is 1. The number of nitrogens with one attached hydrogen (secondary N) is 1. The van der Waals surface area contributed by atoms with Gasteiger partial charge in [0.05, 0.1) is 5.56 Å². The van der Waals surface area contributed by atoms with Crippen molar-refractivity contribution in [1.82, 2.24) is 5.32 Å². The van der Waals surface area contributed by atoms with E-state index < -0.39 is 0 Å². The third-order valence-corrected chi connectivity index (χ3v) is 2.11. The first-order valence-corrected chi connectivity index (χ1v) is 5.13. The summed E-state index contributed by atoms with van der Waals surface area (Å²) >= 11 is 0. The molecule has 0 atom stereocenters. The molecule has 1 aromatic rings. The van der Waals surface area contributed by atoms with Crippen molar-refractivity contribution in [2.45, 2.75) is 13.3 Å². The summed E-state index contributed by atoms with van der Waals surface area (Å²) in [5.74, 6) is -0.231. The first-order chi connectivity index (χ1) is 7.65. The lowest BCUT2D eigenvalue weighted by Gasteiger charge is -2.06. The average molecular weight is 220 g/mol. The number of carbonyl (C=O) groups excluding carboxylic acids is 1. The molecule has 16 heavy (non-hydrogen) atoms. The minimum Gasteiger partial charge on any atom is -0.508 e. The largest absolute Gasteiger partial charge is 0.508 e. The van der Waals surface area contributed by atoms with Crippen LogP contribution in [-0.4, -0.2) is 17.6 Å². The summed E-state index contributed by atoms with van der Waals surface area (Å²) in [6.45, 7) is 2.48. The van der Waals surface area contributed by atoms with Crippen LogP contribution in [0.4, 0.5) is 5.69 Å². The van der Waals surface area contributed by atoms with Gasteiger partial charge in [-0.2, -0.15) is 0 Å². The zero-order valence-corrected chi connectivity index (χ0v) is 9.23. The maximum atomic E-state index is 11.7. The molecule has 0 bridgehead atoms. The average Bonchev–Trinajstić information content (AvgIpc) is 2.27. The summed E-state index contributed by atoms with van der Waals surface area (Å²) < 4.78 is 0. The van der Waals surface area contributed by atoms with E-state index in [0.717, 1.165) is 6.42 Å². The third-order valence-electron chi connectivity index (χ3n) is 2.11. The molecule has 0 unspecified atom stereocenters. The van der Waals surface area contributed by atoms with Crippen molar-refractivity contribution in [2.24, 2.45) is 0 Å². The Morgan fingerprint density at radius 2 is 2.31 bits per heavy atom. The Hall–Kier alpha value is -1.97. The van der Waals surface area contributed by atoms with Gasteiger partial charge in [-0.05, 0) is 31.5 Å².